The van der Waals surface area contributed by atoms with E-state index in [0.717, 1.165) is 17.3 Å². The van der Waals surface area contributed by atoms with Gasteiger partial charge >= 0.3 is 0 Å². The molecule has 0 radical (unpaired) electrons. The molecule has 0 aliphatic heterocycles. The van der Waals surface area contributed by atoms with Crippen LogP contribution in [0.1, 0.15) is 13.8 Å². The van der Waals surface area contributed by atoms with E-state index in [-0.39, 0.29) is 0 Å². The fourth-order valence-corrected chi connectivity index (χ4v) is 1.61. The molecule has 0 amide bonds. The largest absolute Gasteiger partial charge is 0.368 e. The van der Waals surface area contributed by atoms with Crippen LogP contribution in [0, 0.1) is 0 Å². The van der Waals surface area contributed by atoms with Gasteiger partial charge in [-0.1, -0.05) is 0 Å². The second-order valence-electron chi connectivity index (χ2n) is 4.32. The Bertz CT molecular complexity index is 498. The minimum atomic E-state index is 0.346. The molecule has 94 valence electrons. The van der Waals surface area contributed by atoms with Crippen LogP contribution < -0.4 is 10.2 Å². The van der Waals surface area contributed by atoms with Gasteiger partial charge in [-0.05, 0) is 26.0 Å². The first-order valence-electron chi connectivity index (χ1n) is 5.89. The van der Waals surface area contributed by atoms with Crippen LogP contribution in [0.15, 0.2) is 36.9 Å². The summed E-state index contributed by atoms with van der Waals surface area (Å²) < 4.78 is 0. The zero-order valence-electron chi connectivity index (χ0n) is 10.8. The molecular weight excluding hydrogens is 226 g/mol. The van der Waals surface area contributed by atoms with E-state index in [1.807, 2.05) is 30.1 Å². The summed E-state index contributed by atoms with van der Waals surface area (Å²) in [5, 5.41) is 3.26. The summed E-state index contributed by atoms with van der Waals surface area (Å²) in [6, 6.07) is 6.16. The molecule has 0 fully saturated rings. The second-order valence-corrected chi connectivity index (χ2v) is 4.32. The van der Waals surface area contributed by atoms with Crippen LogP contribution in [0.25, 0.3) is 0 Å². The monoisotopic (exact) mass is 243 g/mol. The van der Waals surface area contributed by atoms with Crippen molar-refractivity contribution in [3.8, 4) is 0 Å². The molecule has 0 aromatic carbocycles. The lowest BCUT2D eigenvalue weighted by molar-refractivity contribution is 0.885. The number of rotatable bonds is 4. The average molecular weight is 243 g/mol. The third-order valence-electron chi connectivity index (χ3n) is 2.48. The van der Waals surface area contributed by atoms with E-state index in [9.17, 15) is 0 Å². The highest BCUT2D eigenvalue weighted by molar-refractivity contribution is 5.60. The molecule has 2 aromatic heterocycles. The highest BCUT2D eigenvalue weighted by Gasteiger charge is 2.06. The third kappa shape index (κ3) is 2.94. The fourth-order valence-electron chi connectivity index (χ4n) is 1.61. The Hall–Kier alpha value is -2.17. The Morgan fingerprint density at radius 2 is 1.89 bits per heavy atom. The maximum atomic E-state index is 4.28. The van der Waals surface area contributed by atoms with Gasteiger partial charge in [0, 0.05) is 37.2 Å². The summed E-state index contributed by atoms with van der Waals surface area (Å²) in [6.07, 6.45) is 5.10. The minimum absolute atomic E-state index is 0.346. The average Bonchev–Trinajstić information content (AvgIpc) is 2.38. The lowest BCUT2D eigenvalue weighted by Crippen LogP contribution is -2.14. The smallest absolute Gasteiger partial charge is 0.138 e. The highest BCUT2D eigenvalue weighted by atomic mass is 15.2. The van der Waals surface area contributed by atoms with Gasteiger partial charge in [0.15, 0.2) is 0 Å². The van der Waals surface area contributed by atoms with Gasteiger partial charge in [0.25, 0.3) is 0 Å². The SMILES string of the molecule is CC(C)Nc1cc(N(C)c2ccncc2)ncn1. The van der Waals surface area contributed by atoms with Crippen molar-refractivity contribution in [2.75, 3.05) is 17.3 Å². The summed E-state index contributed by atoms with van der Waals surface area (Å²) in [5.74, 6) is 1.68. The first-order chi connectivity index (χ1) is 8.66. The van der Waals surface area contributed by atoms with Gasteiger partial charge in [-0.3, -0.25) is 4.98 Å². The first-order valence-corrected chi connectivity index (χ1v) is 5.89. The van der Waals surface area contributed by atoms with Crippen molar-refractivity contribution in [1.82, 2.24) is 15.0 Å². The molecule has 0 aliphatic rings. The van der Waals surface area contributed by atoms with Gasteiger partial charge in [-0.15, -0.1) is 0 Å². The van der Waals surface area contributed by atoms with Crippen molar-refractivity contribution in [3.63, 3.8) is 0 Å². The van der Waals surface area contributed by atoms with E-state index in [1.165, 1.54) is 0 Å². The van der Waals surface area contributed by atoms with Crippen molar-refractivity contribution >= 4 is 17.3 Å². The first kappa shape index (κ1) is 12.3. The lowest BCUT2D eigenvalue weighted by Gasteiger charge is -2.18. The van der Waals surface area contributed by atoms with E-state index in [1.54, 1.807) is 18.7 Å². The van der Waals surface area contributed by atoms with Gasteiger partial charge in [0.05, 0.1) is 0 Å². The Kier molecular flexibility index (Phi) is 3.72. The molecule has 0 bridgehead atoms. The van der Waals surface area contributed by atoms with Crippen molar-refractivity contribution in [1.29, 1.82) is 0 Å². The summed E-state index contributed by atoms with van der Waals surface area (Å²) in [6.45, 7) is 4.16. The summed E-state index contributed by atoms with van der Waals surface area (Å²) in [4.78, 5) is 14.5. The predicted molar refractivity (Wildman–Crippen MR) is 73.1 cm³/mol. The minimum Gasteiger partial charge on any atom is -0.368 e. The lowest BCUT2D eigenvalue weighted by atomic mass is 10.3. The van der Waals surface area contributed by atoms with Gasteiger partial charge < -0.3 is 10.2 Å². The van der Waals surface area contributed by atoms with Gasteiger partial charge in [0.2, 0.25) is 0 Å². The number of aromatic nitrogens is 3. The number of nitrogens with zero attached hydrogens (tertiary/aromatic N) is 4. The molecule has 2 rings (SSSR count). The fraction of sp³-hybridized carbons (Fsp3) is 0.308. The normalized spacial score (nSPS) is 10.4. The van der Waals surface area contributed by atoms with Crippen LogP contribution in [0.4, 0.5) is 17.3 Å². The Morgan fingerprint density at radius 3 is 2.56 bits per heavy atom. The van der Waals surface area contributed by atoms with Crippen molar-refractivity contribution in [2.45, 2.75) is 19.9 Å². The topological polar surface area (TPSA) is 53.9 Å². The number of hydrogen-bond acceptors (Lipinski definition) is 5. The third-order valence-corrected chi connectivity index (χ3v) is 2.48. The zero-order valence-corrected chi connectivity index (χ0v) is 10.8. The van der Waals surface area contributed by atoms with Gasteiger partial charge in [-0.25, -0.2) is 9.97 Å². The number of anilines is 3. The number of nitrogens with one attached hydrogen (secondary N) is 1. The Balaban J connectivity index is 2.23. The molecule has 5 heteroatoms. The van der Waals surface area contributed by atoms with Crippen LogP contribution in [0.2, 0.25) is 0 Å². The van der Waals surface area contributed by atoms with E-state index in [0.29, 0.717) is 6.04 Å². The van der Waals surface area contributed by atoms with E-state index in [4.69, 9.17) is 0 Å². The standard InChI is InChI=1S/C13H17N5/c1-10(2)17-12-8-13(16-9-15-12)18(3)11-4-6-14-7-5-11/h4-10H,1-3H3,(H,15,16,17). The number of pyridine rings is 1. The molecule has 0 unspecified atom stereocenters. The molecular formula is C13H17N5. The number of hydrogen-bond donors (Lipinski definition) is 1. The van der Waals surface area contributed by atoms with Crippen LogP contribution >= 0.6 is 0 Å². The Morgan fingerprint density at radius 1 is 1.17 bits per heavy atom. The maximum absolute atomic E-state index is 4.28. The molecule has 2 aromatic rings. The van der Waals surface area contributed by atoms with Gasteiger partial charge in [-0.2, -0.15) is 0 Å². The molecule has 0 saturated heterocycles. The van der Waals surface area contributed by atoms with Crippen LogP contribution in [0.3, 0.4) is 0 Å². The van der Waals surface area contributed by atoms with Crippen molar-refractivity contribution in [3.05, 3.63) is 36.9 Å². The maximum Gasteiger partial charge on any atom is 0.138 e. The molecule has 2 heterocycles. The molecule has 5 nitrogen and oxygen atoms in total. The zero-order chi connectivity index (χ0) is 13.0. The van der Waals surface area contributed by atoms with Crippen LogP contribution in [0.5, 0.6) is 0 Å². The van der Waals surface area contributed by atoms with Crippen molar-refractivity contribution in [2.24, 2.45) is 0 Å². The molecule has 0 atom stereocenters. The molecule has 0 spiro atoms. The quantitative estimate of drug-likeness (QED) is 0.894. The van der Waals surface area contributed by atoms with Crippen LogP contribution in [-0.2, 0) is 0 Å². The molecule has 1 N–H and O–H groups in total. The molecule has 18 heavy (non-hydrogen) atoms. The van der Waals surface area contributed by atoms with Crippen LogP contribution in [-0.4, -0.2) is 28.0 Å². The van der Waals surface area contributed by atoms with Crippen molar-refractivity contribution < 1.29 is 0 Å². The van der Waals surface area contributed by atoms with E-state index >= 15 is 0 Å². The molecule has 0 saturated carbocycles. The van der Waals surface area contributed by atoms with Gasteiger partial charge in [0.1, 0.15) is 18.0 Å². The Labute approximate surface area is 107 Å². The second kappa shape index (κ2) is 5.44. The van der Waals surface area contributed by atoms with E-state index < -0.39 is 0 Å². The summed E-state index contributed by atoms with van der Waals surface area (Å²) in [5.41, 5.74) is 1.04. The molecule has 0 aliphatic carbocycles. The highest BCUT2D eigenvalue weighted by Crippen LogP contribution is 2.21. The van der Waals surface area contributed by atoms with E-state index in [2.05, 4.69) is 34.1 Å². The predicted octanol–water partition coefficient (Wildman–Crippen LogP) is 2.46. The summed E-state index contributed by atoms with van der Waals surface area (Å²) >= 11 is 0. The summed E-state index contributed by atoms with van der Waals surface area (Å²) in [7, 11) is 1.97.